The first-order valence-electron chi connectivity index (χ1n) is 8.44. The van der Waals surface area contributed by atoms with E-state index >= 15 is 0 Å². The van der Waals surface area contributed by atoms with Crippen LogP contribution in [0.1, 0.15) is 21.8 Å². The van der Waals surface area contributed by atoms with Gasteiger partial charge in [0.2, 0.25) is 5.89 Å². The van der Waals surface area contributed by atoms with E-state index in [0.29, 0.717) is 17.1 Å². The monoisotopic (exact) mass is 359 g/mol. The van der Waals surface area contributed by atoms with E-state index in [9.17, 15) is 4.79 Å². The molecule has 0 radical (unpaired) electrons. The number of aromatic nitrogens is 4. The Hall–Kier alpha value is -3.74. The standard InChI is InChI=1S/C20H17N5O2/c1-13-7-6-8-15(11-13)18-17(19(26)21-20-23-22-14(2)27-20)12-25(24-18)16-9-4-3-5-10-16/h3-12H,1-2H3,(H,21,23,26). The zero-order valence-electron chi connectivity index (χ0n) is 14.9. The number of carbonyl (C=O) groups excluding carboxylic acids is 1. The Bertz CT molecular complexity index is 1100. The van der Waals surface area contributed by atoms with Gasteiger partial charge in [0, 0.05) is 18.7 Å². The van der Waals surface area contributed by atoms with Crippen molar-refractivity contribution in [3.8, 4) is 16.9 Å². The predicted octanol–water partition coefficient (Wildman–Crippen LogP) is 3.79. The normalized spacial score (nSPS) is 10.7. The van der Waals surface area contributed by atoms with Crippen LogP contribution in [0.2, 0.25) is 0 Å². The van der Waals surface area contributed by atoms with Crippen molar-refractivity contribution in [1.29, 1.82) is 0 Å². The van der Waals surface area contributed by atoms with Gasteiger partial charge in [-0.15, -0.1) is 5.10 Å². The summed E-state index contributed by atoms with van der Waals surface area (Å²) in [7, 11) is 0. The molecule has 2 aromatic heterocycles. The fourth-order valence-electron chi connectivity index (χ4n) is 2.77. The Balaban J connectivity index is 1.78. The number of carbonyl (C=O) groups is 1. The Morgan fingerprint density at radius 2 is 1.85 bits per heavy atom. The predicted molar refractivity (Wildman–Crippen MR) is 101 cm³/mol. The van der Waals surface area contributed by atoms with Gasteiger partial charge in [-0.25, -0.2) is 4.68 Å². The van der Waals surface area contributed by atoms with E-state index in [-0.39, 0.29) is 11.9 Å². The second-order valence-electron chi connectivity index (χ2n) is 6.12. The highest BCUT2D eigenvalue weighted by atomic mass is 16.4. The number of hydrogen-bond acceptors (Lipinski definition) is 5. The molecule has 134 valence electrons. The summed E-state index contributed by atoms with van der Waals surface area (Å²) >= 11 is 0. The molecule has 1 N–H and O–H groups in total. The molecule has 0 aliphatic rings. The van der Waals surface area contributed by atoms with E-state index < -0.39 is 0 Å². The van der Waals surface area contributed by atoms with Crippen LogP contribution in [0.15, 0.2) is 65.2 Å². The molecular weight excluding hydrogens is 342 g/mol. The van der Waals surface area contributed by atoms with Crippen LogP contribution in [0, 0.1) is 13.8 Å². The van der Waals surface area contributed by atoms with Crippen molar-refractivity contribution < 1.29 is 9.21 Å². The molecule has 0 unspecified atom stereocenters. The molecule has 27 heavy (non-hydrogen) atoms. The highest BCUT2D eigenvalue weighted by Gasteiger charge is 2.20. The fourth-order valence-corrected chi connectivity index (χ4v) is 2.77. The SMILES string of the molecule is Cc1cccc(-c2nn(-c3ccccc3)cc2C(=O)Nc2nnc(C)o2)c1. The van der Waals surface area contributed by atoms with Gasteiger partial charge in [0.05, 0.1) is 11.3 Å². The molecule has 0 aliphatic heterocycles. The third-order valence-corrected chi connectivity index (χ3v) is 4.02. The summed E-state index contributed by atoms with van der Waals surface area (Å²) in [6.07, 6.45) is 1.70. The van der Waals surface area contributed by atoms with E-state index in [1.54, 1.807) is 17.8 Å². The van der Waals surface area contributed by atoms with E-state index in [0.717, 1.165) is 16.8 Å². The number of hydrogen-bond donors (Lipinski definition) is 1. The van der Waals surface area contributed by atoms with Gasteiger partial charge < -0.3 is 4.42 Å². The van der Waals surface area contributed by atoms with Gasteiger partial charge in [-0.1, -0.05) is 47.1 Å². The summed E-state index contributed by atoms with van der Waals surface area (Å²) in [5, 5.41) is 14.8. The van der Waals surface area contributed by atoms with E-state index in [4.69, 9.17) is 4.42 Å². The number of para-hydroxylation sites is 1. The van der Waals surface area contributed by atoms with Crippen molar-refractivity contribution in [2.45, 2.75) is 13.8 Å². The molecular formula is C20H17N5O2. The highest BCUT2D eigenvalue weighted by molar-refractivity contribution is 6.07. The molecule has 0 aliphatic carbocycles. The summed E-state index contributed by atoms with van der Waals surface area (Å²) < 4.78 is 6.94. The molecule has 0 atom stereocenters. The third-order valence-electron chi connectivity index (χ3n) is 4.02. The number of benzene rings is 2. The Kier molecular flexibility index (Phi) is 4.25. The number of nitrogens with zero attached hydrogens (tertiary/aromatic N) is 4. The topological polar surface area (TPSA) is 85.8 Å². The van der Waals surface area contributed by atoms with Crippen LogP contribution in [-0.4, -0.2) is 25.9 Å². The maximum atomic E-state index is 12.9. The van der Waals surface area contributed by atoms with Gasteiger partial charge in [-0.2, -0.15) is 5.10 Å². The van der Waals surface area contributed by atoms with Crippen LogP contribution in [0.3, 0.4) is 0 Å². The van der Waals surface area contributed by atoms with E-state index in [1.807, 2.05) is 61.5 Å². The zero-order valence-corrected chi connectivity index (χ0v) is 14.9. The van der Waals surface area contributed by atoms with Crippen molar-refractivity contribution in [2.24, 2.45) is 0 Å². The lowest BCUT2D eigenvalue weighted by atomic mass is 10.1. The van der Waals surface area contributed by atoms with E-state index in [2.05, 4.69) is 20.6 Å². The molecule has 1 amide bonds. The van der Waals surface area contributed by atoms with Gasteiger partial charge in [0.1, 0.15) is 5.69 Å². The van der Waals surface area contributed by atoms with Crippen LogP contribution in [0.4, 0.5) is 6.01 Å². The second kappa shape index (κ2) is 6.87. The maximum absolute atomic E-state index is 12.9. The molecule has 2 aromatic carbocycles. The fraction of sp³-hybridized carbons (Fsp3) is 0.100. The van der Waals surface area contributed by atoms with Crippen LogP contribution in [0.25, 0.3) is 16.9 Å². The van der Waals surface area contributed by atoms with Gasteiger partial charge in [0.25, 0.3) is 5.91 Å². The van der Waals surface area contributed by atoms with Gasteiger partial charge >= 0.3 is 6.01 Å². The van der Waals surface area contributed by atoms with Crippen molar-refractivity contribution >= 4 is 11.9 Å². The summed E-state index contributed by atoms with van der Waals surface area (Å²) in [6, 6.07) is 17.5. The first kappa shape index (κ1) is 16.7. The van der Waals surface area contributed by atoms with Crippen molar-refractivity contribution in [3.05, 3.63) is 77.8 Å². The van der Waals surface area contributed by atoms with Crippen molar-refractivity contribution in [1.82, 2.24) is 20.0 Å². The summed E-state index contributed by atoms with van der Waals surface area (Å²) in [5.74, 6) is 0.0153. The lowest BCUT2D eigenvalue weighted by Gasteiger charge is -2.03. The molecule has 0 fully saturated rings. The number of aryl methyl sites for hydroxylation is 2. The minimum absolute atomic E-state index is 0.0557. The molecule has 2 heterocycles. The van der Waals surface area contributed by atoms with E-state index in [1.165, 1.54) is 0 Å². The molecule has 0 bridgehead atoms. The first-order chi connectivity index (χ1) is 13.1. The molecule has 4 aromatic rings. The van der Waals surface area contributed by atoms with Gasteiger partial charge in [0.15, 0.2) is 0 Å². The maximum Gasteiger partial charge on any atom is 0.322 e. The summed E-state index contributed by atoms with van der Waals surface area (Å²) in [6.45, 7) is 3.66. The first-order valence-corrected chi connectivity index (χ1v) is 8.44. The second-order valence-corrected chi connectivity index (χ2v) is 6.12. The summed E-state index contributed by atoms with van der Waals surface area (Å²) in [4.78, 5) is 12.9. The Morgan fingerprint density at radius 1 is 1.04 bits per heavy atom. The molecule has 0 saturated heterocycles. The number of anilines is 1. The number of amides is 1. The average molecular weight is 359 g/mol. The minimum Gasteiger partial charge on any atom is -0.408 e. The minimum atomic E-state index is -0.364. The number of nitrogens with one attached hydrogen (secondary N) is 1. The molecule has 0 spiro atoms. The quantitative estimate of drug-likeness (QED) is 0.599. The smallest absolute Gasteiger partial charge is 0.322 e. The van der Waals surface area contributed by atoms with Crippen molar-refractivity contribution in [2.75, 3.05) is 5.32 Å². The van der Waals surface area contributed by atoms with Crippen LogP contribution in [0.5, 0.6) is 0 Å². The molecule has 4 rings (SSSR count). The lowest BCUT2D eigenvalue weighted by molar-refractivity contribution is 0.102. The molecule has 7 heteroatoms. The highest BCUT2D eigenvalue weighted by Crippen LogP contribution is 2.25. The van der Waals surface area contributed by atoms with Crippen LogP contribution < -0.4 is 5.32 Å². The van der Waals surface area contributed by atoms with Crippen LogP contribution >= 0.6 is 0 Å². The summed E-state index contributed by atoms with van der Waals surface area (Å²) in [5.41, 5.74) is 3.80. The largest absolute Gasteiger partial charge is 0.408 e. The van der Waals surface area contributed by atoms with Gasteiger partial charge in [-0.3, -0.25) is 10.1 Å². The molecule has 0 saturated carbocycles. The van der Waals surface area contributed by atoms with Gasteiger partial charge in [-0.05, 0) is 25.1 Å². The zero-order chi connectivity index (χ0) is 18.8. The Morgan fingerprint density at radius 3 is 2.56 bits per heavy atom. The third kappa shape index (κ3) is 3.48. The lowest BCUT2D eigenvalue weighted by Crippen LogP contribution is -2.12. The Labute approximate surface area is 155 Å². The van der Waals surface area contributed by atoms with Crippen LogP contribution in [-0.2, 0) is 0 Å². The van der Waals surface area contributed by atoms with Crippen molar-refractivity contribution in [3.63, 3.8) is 0 Å². The average Bonchev–Trinajstić information content (AvgIpc) is 3.29. The molecule has 7 nitrogen and oxygen atoms in total. The number of rotatable bonds is 4.